The molecule has 0 saturated carbocycles. The van der Waals surface area contributed by atoms with Gasteiger partial charge < -0.3 is 0 Å². The number of fused-ring (bicyclic) bond motifs is 1. The zero-order valence-electron chi connectivity index (χ0n) is 11.3. The van der Waals surface area contributed by atoms with Crippen molar-refractivity contribution in [3.8, 4) is 0 Å². The molecule has 19 heavy (non-hydrogen) atoms. The molecule has 2 rings (SSSR count). The Hall–Kier alpha value is -1.43. The van der Waals surface area contributed by atoms with E-state index in [0.29, 0.717) is 0 Å². The second kappa shape index (κ2) is 5.28. The van der Waals surface area contributed by atoms with E-state index in [1.807, 2.05) is 49.4 Å². The first-order chi connectivity index (χ1) is 8.90. The number of benzene rings is 2. The third-order valence-corrected chi connectivity index (χ3v) is 4.69. The van der Waals surface area contributed by atoms with Gasteiger partial charge in [0.1, 0.15) is 0 Å². The summed E-state index contributed by atoms with van der Waals surface area (Å²) in [6.45, 7) is 1.84. The molecule has 1 unspecified atom stereocenters. The molecule has 5 heteroatoms. The van der Waals surface area contributed by atoms with Gasteiger partial charge in [-0.2, -0.15) is 17.4 Å². The average molecular weight is 278 g/mol. The molecule has 0 aliphatic carbocycles. The van der Waals surface area contributed by atoms with Crippen LogP contribution in [0, 0.1) is 0 Å². The molecular weight excluding hydrogens is 260 g/mol. The Bertz CT molecular complexity index is 681. The predicted molar refractivity (Wildman–Crippen MR) is 78.1 cm³/mol. The normalized spacial score (nSPS) is 13.9. The summed E-state index contributed by atoms with van der Waals surface area (Å²) in [5.41, 5.74) is 0.948. The molecule has 0 amide bonds. The second-order valence-electron chi connectivity index (χ2n) is 4.73. The molecule has 0 aromatic heterocycles. The first-order valence-electron chi connectivity index (χ1n) is 6.08. The van der Waals surface area contributed by atoms with Gasteiger partial charge in [-0.25, -0.2) is 0 Å². The summed E-state index contributed by atoms with van der Waals surface area (Å²) in [5.74, 6) is 0. The highest BCUT2D eigenvalue weighted by Crippen LogP contribution is 2.20. The van der Waals surface area contributed by atoms with Gasteiger partial charge in [-0.05, 0) is 29.3 Å². The van der Waals surface area contributed by atoms with E-state index in [0.717, 1.165) is 16.3 Å². The van der Waals surface area contributed by atoms with E-state index >= 15 is 0 Å². The molecule has 102 valence electrons. The zero-order chi connectivity index (χ0) is 14.0. The van der Waals surface area contributed by atoms with E-state index in [-0.39, 0.29) is 6.04 Å². The molecule has 2 aromatic carbocycles. The van der Waals surface area contributed by atoms with Crippen molar-refractivity contribution >= 4 is 21.0 Å². The minimum atomic E-state index is -3.42. The molecule has 4 nitrogen and oxygen atoms in total. The summed E-state index contributed by atoms with van der Waals surface area (Å²) in [6.07, 6.45) is 0. The molecule has 0 aliphatic rings. The molecule has 0 aliphatic heterocycles. The molecule has 0 saturated heterocycles. The lowest BCUT2D eigenvalue weighted by molar-refractivity contribution is 0.494. The van der Waals surface area contributed by atoms with Crippen molar-refractivity contribution < 1.29 is 8.42 Å². The fraction of sp³-hybridized carbons (Fsp3) is 0.286. The highest BCUT2D eigenvalue weighted by molar-refractivity contribution is 7.87. The molecule has 2 aromatic rings. The van der Waals surface area contributed by atoms with E-state index in [4.69, 9.17) is 0 Å². The van der Waals surface area contributed by atoms with E-state index in [2.05, 4.69) is 4.72 Å². The molecule has 0 heterocycles. The van der Waals surface area contributed by atoms with Gasteiger partial charge in [-0.15, -0.1) is 0 Å². The highest BCUT2D eigenvalue weighted by Gasteiger charge is 2.17. The Morgan fingerprint density at radius 3 is 2.32 bits per heavy atom. The van der Waals surface area contributed by atoms with Crippen LogP contribution in [0.25, 0.3) is 10.8 Å². The average Bonchev–Trinajstić information content (AvgIpc) is 2.37. The lowest BCUT2D eigenvalue weighted by Crippen LogP contribution is -2.37. The third-order valence-electron chi connectivity index (χ3n) is 3.08. The minimum Gasteiger partial charge on any atom is -0.195 e. The quantitative estimate of drug-likeness (QED) is 0.933. The molecule has 0 bridgehead atoms. The maximum atomic E-state index is 11.8. The number of nitrogens with zero attached hydrogens (tertiary/aromatic N) is 1. The van der Waals surface area contributed by atoms with Gasteiger partial charge in [-0.1, -0.05) is 36.4 Å². The Morgan fingerprint density at radius 1 is 1.05 bits per heavy atom. The highest BCUT2D eigenvalue weighted by atomic mass is 32.2. The Morgan fingerprint density at radius 2 is 1.68 bits per heavy atom. The number of nitrogens with one attached hydrogen (secondary N) is 1. The lowest BCUT2D eigenvalue weighted by atomic mass is 10.0. The maximum absolute atomic E-state index is 11.8. The fourth-order valence-electron chi connectivity index (χ4n) is 1.87. The van der Waals surface area contributed by atoms with Crippen LogP contribution in [0.1, 0.15) is 18.5 Å². The summed E-state index contributed by atoms with van der Waals surface area (Å²) in [7, 11) is -0.397. The molecule has 0 fully saturated rings. The summed E-state index contributed by atoms with van der Waals surface area (Å²) >= 11 is 0. The SMILES string of the molecule is CC(NS(=O)(=O)N(C)C)c1ccc2ccccc2c1. The van der Waals surface area contributed by atoms with Crippen molar-refractivity contribution in [1.82, 2.24) is 9.03 Å². The fourth-order valence-corrected chi connectivity index (χ4v) is 2.67. The first-order valence-corrected chi connectivity index (χ1v) is 7.52. The summed E-state index contributed by atoms with van der Waals surface area (Å²) in [5, 5.41) is 2.25. The lowest BCUT2D eigenvalue weighted by Gasteiger charge is -2.18. The minimum absolute atomic E-state index is 0.267. The van der Waals surface area contributed by atoms with E-state index in [1.165, 1.54) is 18.4 Å². The van der Waals surface area contributed by atoms with Gasteiger partial charge in [0, 0.05) is 20.1 Å². The predicted octanol–water partition coefficient (Wildman–Crippen LogP) is 2.30. The van der Waals surface area contributed by atoms with Gasteiger partial charge in [0.2, 0.25) is 0 Å². The van der Waals surface area contributed by atoms with Crippen molar-refractivity contribution in [3.63, 3.8) is 0 Å². The van der Waals surface area contributed by atoms with Crippen LogP contribution in [0.5, 0.6) is 0 Å². The van der Waals surface area contributed by atoms with Gasteiger partial charge in [-0.3, -0.25) is 0 Å². The summed E-state index contributed by atoms with van der Waals surface area (Å²) < 4.78 is 27.4. The van der Waals surface area contributed by atoms with E-state index in [9.17, 15) is 8.42 Å². The number of hydrogen-bond acceptors (Lipinski definition) is 2. The van der Waals surface area contributed by atoms with Crippen LogP contribution in [0.3, 0.4) is 0 Å². The van der Waals surface area contributed by atoms with Crippen LogP contribution >= 0.6 is 0 Å². The van der Waals surface area contributed by atoms with Crippen molar-refractivity contribution in [2.24, 2.45) is 0 Å². The Balaban J connectivity index is 2.29. The van der Waals surface area contributed by atoms with E-state index < -0.39 is 10.2 Å². The van der Waals surface area contributed by atoms with E-state index in [1.54, 1.807) is 0 Å². The Labute approximate surface area is 114 Å². The van der Waals surface area contributed by atoms with Gasteiger partial charge in [0.25, 0.3) is 10.2 Å². The molecular formula is C14H18N2O2S. The van der Waals surface area contributed by atoms with Crippen LogP contribution in [0.2, 0.25) is 0 Å². The summed E-state index contributed by atoms with van der Waals surface area (Å²) in [6, 6.07) is 13.7. The largest absolute Gasteiger partial charge is 0.279 e. The van der Waals surface area contributed by atoms with Crippen LogP contribution in [0.4, 0.5) is 0 Å². The number of rotatable bonds is 4. The molecule has 1 N–H and O–H groups in total. The topological polar surface area (TPSA) is 49.4 Å². The van der Waals surface area contributed by atoms with Gasteiger partial charge >= 0.3 is 0 Å². The summed E-state index contributed by atoms with van der Waals surface area (Å²) in [4.78, 5) is 0. The van der Waals surface area contributed by atoms with Gasteiger partial charge in [0.15, 0.2) is 0 Å². The van der Waals surface area contributed by atoms with Crippen LogP contribution < -0.4 is 4.72 Å². The van der Waals surface area contributed by atoms with Crippen LogP contribution in [-0.2, 0) is 10.2 Å². The van der Waals surface area contributed by atoms with Crippen LogP contribution in [-0.4, -0.2) is 26.8 Å². The second-order valence-corrected chi connectivity index (χ2v) is 6.65. The molecule has 0 spiro atoms. The Kier molecular flexibility index (Phi) is 3.89. The maximum Gasteiger partial charge on any atom is 0.279 e. The first kappa shape index (κ1) is 14.0. The van der Waals surface area contributed by atoms with Crippen molar-refractivity contribution in [2.75, 3.05) is 14.1 Å². The van der Waals surface area contributed by atoms with Crippen molar-refractivity contribution in [2.45, 2.75) is 13.0 Å². The molecule has 1 atom stereocenters. The van der Waals surface area contributed by atoms with Crippen LogP contribution in [0.15, 0.2) is 42.5 Å². The zero-order valence-corrected chi connectivity index (χ0v) is 12.1. The molecule has 0 radical (unpaired) electrons. The standard InChI is InChI=1S/C14H18N2O2S/c1-11(15-19(17,18)16(2)3)13-9-8-12-6-4-5-7-14(12)10-13/h4-11,15H,1-3H3. The van der Waals surface area contributed by atoms with Crippen molar-refractivity contribution in [3.05, 3.63) is 48.0 Å². The number of hydrogen-bond donors (Lipinski definition) is 1. The monoisotopic (exact) mass is 278 g/mol. The smallest absolute Gasteiger partial charge is 0.195 e. The van der Waals surface area contributed by atoms with Crippen molar-refractivity contribution in [1.29, 1.82) is 0 Å². The third kappa shape index (κ3) is 3.12. The van der Waals surface area contributed by atoms with Gasteiger partial charge in [0.05, 0.1) is 0 Å².